The molecule has 0 saturated heterocycles. The lowest BCUT2D eigenvalue weighted by Crippen LogP contribution is -2.36. The molecule has 0 spiro atoms. The van der Waals surface area contributed by atoms with Crippen LogP contribution in [0.25, 0.3) is 0 Å². The first-order valence-electron chi connectivity index (χ1n) is 7.56. The summed E-state index contributed by atoms with van der Waals surface area (Å²) in [4.78, 5) is 0.216. The van der Waals surface area contributed by atoms with Gasteiger partial charge in [-0.15, -0.1) is 0 Å². The van der Waals surface area contributed by atoms with E-state index in [4.69, 9.17) is 0 Å². The van der Waals surface area contributed by atoms with Crippen LogP contribution >= 0.6 is 0 Å². The number of rotatable bonds is 5. The SMILES string of the molecule is CCC1(CNS(=O)(=O)c2c(C)cc(F)cc2C)CCCC1. The van der Waals surface area contributed by atoms with Gasteiger partial charge >= 0.3 is 0 Å². The summed E-state index contributed by atoms with van der Waals surface area (Å²) >= 11 is 0. The van der Waals surface area contributed by atoms with Crippen molar-refractivity contribution in [1.29, 1.82) is 0 Å². The van der Waals surface area contributed by atoms with Gasteiger partial charge in [-0.3, -0.25) is 0 Å². The second kappa shape index (κ2) is 6.05. The van der Waals surface area contributed by atoms with Crippen molar-refractivity contribution in [2.24, 2.45) is 5.41 Å². The number of benzene rings is 1. The Hall–Kier alpha value is -0.940. The Balaban J connectivity index is 2.23. The van der Waals surface area contributed by atoms with E-state index in [0.29, 0.717) is 17.7 Å². The lowest BCUT2D eigenvalue weighted by Gasteiger charge is -2.28. The molecule has 1 aliphatic carbocycles. The van der Waals surface area contributed by atoms with E-state index >= 15 is 0 Å². The van der Waals surface area contributed by atoms with E-state index in [9.17, 15) is 12.8 Å². The molecule has 2 rings (SSSR count). The highest BCUT2D eigenvalue weighted by Crippen LogP contribution is 2.40. The lowest BCUT2D eigenvalue weighted by molar-refractivity contribution is 0.285. The second-order valence-corrected chi connectivity index (χ2v) is 7.96. The van der Waals surface area contributed by atoms with Crippen LogP contribution < -0.4 is 4.72 Å². The van der Waals surface area contributed by atoms with Crippen molar-refractivity contribution in [3.05, 3.63) is 29.1 Å². The maximum atomic E-state index is 13.3. The molecule has 0 aliphatic heterocycles. The van der Waals surface area contributed by atoms with E-state index in [1.165, 1.54) is 25.0 Å². The van der Waals surface area contributed by atoms with Crippen LogP contribution in [-0.2, 0) is 10.0 Å². The van der Waals surface area contributed by atoms with Gasteiger partial charge in [-0.1, -0.05) is 19.8 Å². The monoisotopic (exact) mass is 313 g/mol. The van der Waals surface area contributed by atoms with Crippen molar-refractivity contribution in [3.63, 3.8) is 0 Å². The molecule has 1 aliphatic rings. The first-order chi connectivity index (χ1) is 9.80. The minimum atomic E-state index is -3.59. The maximum Gasteiger partial charge on any atom is 0.241 e. The van der Waals surface area contributed by atoms with Gasteiger partial charge in [0.2, 0.25) is 10.0 Å². The fourth-order valence-electron chi connectivity index (χ4n) is 3.42. The van der Waals surface area contributed by atoms with Gasteiger partial charge in [0.15, 0.2) is 0 Å². The zero-order valence-corrected chi connectivity index (χ0v) is 13.8. The van der Waals surface area contributed by atoms with Gasteiger partial charge in [0.1, 0.15) is 5.82 Å². The van der Waals surface area contributed by atoms with Crippen LogP contribution in [0.2, 0.25) is 0 Å². The third-order valence-corrected chi connectivity index (χ3v) is 6.45. The van der Waals surface area contributed by atoms with Crippen molar-refractivity contribution >= 4 is 10.0 Å². The molecule has 0 unspecified atom stereocenters. The average Bonchev–Trinajstić information content (AvgIpc) is 2.84. The fourth-order valence-corrected chi connectivity index (χ4v) is 5.03. The molecule has 1 saturated carbocycles. The minimum Gasteiger partial charge on any atom is -0.211 e. The normalized spacial score (nSPS) is 18.1. The zero-order chi connectivity index (χ0) is 15.7. The zero-order valence-electron chi connectivity index (χ0n) is 13.0. The number of aryl methyl sites for hydroxylation is 2. The molecule has 0 aromatic heterocycles. The molecule has 0 bridgehead atoms. The summed E-state index contributed by atoms with van der Waals surface area (Å²) in [7, 11) is -3.59. The van der Waals surface area contributed by atoms with Gasteiger partial charge < -0.3 is 0 Å². The quantitative estimate of drug-likeness (QED) is 0.901. The Morgan fingerprint density at radius 1 is 1.19 bits per heavy atom. The van der Waals surface area contributed by atoms with Crippen LogP contribution in [0.5, 0.6) is 0 Å². The van der Waals surface area contributed by atoms with Crippen LogP contribution in [0.1, 0.15) is 50.2 Å². The highest BCUT2D eigenvalue weighted by atomic mass is 32.2. The highest BCUT2D eigenvalue weighted by molar-refractivity contribution is 7.89. The molecule has 3 nitrogen and oxygen atoms in total. The summed E-state index contributed by atoms with van der Waals surface area (Å²) in [5.74, 6) is -0.398. The number of sulfonamides is 1. The van der Waals surface area contributed by atoms with E-state index in [0.717, 1.165) is 19.3 Å². The molecule has 1 N–H and O–H groups in total. The van der Waals surface area contributed by atoms with Gasteiger partial charge in [0.05, 0.1) is 4.90 Å². The molecule has 1 aromatic rings. The highest BCUT2D eigenvalue weighted by Gasteiger charge is 2.33. The van der Waals surface area contributed by atoms with Crippen molar-refractivity contribution in [1.82, 2.24) is 4.72 Å². The summed E-state index contributed by atoms with van der Waals surface area (Å²) in [6, 6.07) is 2.54. The molecule has 0 radical (unpaired) electrons. The number of hydrogen-bond donors (Lipinski definition) is 1. The van der Waals surface area contributed by atoms with Gasteiger partial charge in [-0.05, 0) is 61.8 Å². The molecular weight excluding hydrogens is 289 g/mol. The van der Waals surface area contributed by atoms with E-state index in [2.05, 4.69) is 11.6 Å². The van der Waals surface area contributed by atoms with Crippen molar-refractivity contribution in [2.75, 3.05) is 6.54 Å². The Morgan fingerprint density at radius 3 is 2.19 bits per heavy atom. The fraction of sp³-hybridized carbons (Fsp3) is 0.625. The summed E-state index contributed by atoms with van der Waals surface area (Å²) in [5.41, 5.74) is 1.00. The lowest BCUT2D eigenvalue weighted by atomic mass is 9.84. The first kappa shape index (κ1) is 16.4. The second-order valence-electron chi connectivity index (χ2n) is 6.25. The van der Waals surface area contributed by atoms with Crippen molar-refractivity contribution in [3.8, 4) is 0 Å². The predicted octanol–water partition coefficient (Wildman–Crippen LogP) is 3.69. The Labute approximate surface area is 127 Å². The molecule has 5 heteroatoms. The molecule has 118 valence electrons. The summed E-state index contributed by atoms with van der Waals surface area (Å²) in [6.45, 7) is 5.86. The van der Waals surface area contributed by atoms with Gasteiger partial charge in [0, 0.05) is 6.54 Å². The summed E-state index contributed by atoms with van der Waals surface area (Å²) in [6.07, 6.45) is 5.48. The molecule has 0 heterocycles. The van der Waals surface area contributed by atoms with Gasteiger partial charge in [-0.2, -0.15) is 0 Å². The third-order valence-electron chi connectivity index (χ3n) is 4.75. The van der Waals surface area contributed by atoms with Gasteiger partial charge in [0.25, 0.3) is 0 Å². The smallest absolute Gasteiger partial charge is 0.211 e. The van der Waals surface area contributed by atoms with E-state index in [-0.39, 0.29) is 10.3 Å². The Kier molecular flexibility index (Phi) is 4.73. The largest absolute Gasteiger partial charge is 0.241 e. The number of hydrogen-bond acceptors (Lipinski definition) is 2. The standard InChI is InChI=1S/C16H24FNO2S/c1-4-16(7-5-6-8-16)11-18-21(19,20)15-12(2)9-14(17)10-13(15)3/h9-10,18H,4-8,11H2,1-3H3. The number of nitrogens with one attached hydrogen (secondary N) is 1. The van der Waals surface area contributed by atoms with E-state index < -0.39 is 15.8 Å². The van der Waals surface area contributed by atoms with E-state index in [1.807, 2.05) is 0 Å². The maximum absolute atomic E-state index is 13.3. The molecular formula is C16H24FNO2S. The third kappa shape index (κ3) is 3.46. The first-order valence-corrected chi connectivity index (χ1v) is 9.04. The van der Waals surface area contributed by atoms with Gasteiger partial charge in [-0.25, -0.2) is 17.5 Å². The van der Waals surface area contributed by atoms with Crippen LogP contribution in [0.15, 0.2) is 17.0 Å². The topological polar surface area (TPSA) is 46.2 Å². The van der Waals surface area contributed by atoms with Crippen molar-refractivity contribution < 1.29 is 12.8 Å². The van der Waals surface area contributed by atoms with Crippen LogP contribution in [0.4, 0.5) is 4.39 Å². The summed E-state index contributed by atoms with van der Waals surface area (Å²) < 4.78 is 41.2. The molecule has 0 amide bonds. The van der Waals surface area contributed by atoms with E-state index in [1.54, 1.807) is 13.8 Å². The van der Waals surface area contributed by atoms with Crippen LogP contribution in [0, 0.1) is 25.1 Å². The average molecular weight is 313 g/mol. The van der Waals surface area contributed by atoms with Crippen LogP contribution in [-0.4, -0.2) is 15.0 Å². The van der Waals surface area contributed by atoms with Crippen LogP contribution in [0.3, 0.4) is 0 Å². The predicted molar refractivity (Wildman–Crippen MR) is 82.3 cm³/mol. The Bertz CT molecular complexity index is 596. The van der Waals surface area contributed by atoms with Crippen molar-refractivity contribution in [2.45, 2.75) is 57.8 Å². The number of halogens is 1. The molecule has 1 fully saturated rings. The molecule has 0 atom stereocenters. The summed E-state index contributed by atoms with van der Waals surface area (Å²) in [5, 5.41) is 0. The molecule has 21 heavy (non-hydrogen) atoms. The minimum absolute atomic E-state index is 0.0922. The Morgan fingerprint density at radius 2 is 1.71 bits per heavy atom. The molecule has 1 aromatic carbocycles.